The van der Waals surface area contributed by atoms with Crippen molar-refractivity contribution in [3.8, 4) is 0 Å². The highest BCUT2D eigenvalue weighted by molar-refractivity contribution is 7.92. The van der Waals surface area contributed by atoms with Crippen molar-refractivity contribution in [1.29, 1.82) is 0 Å². The smallest absolute Gasteiger partial charge is 0.153 e. The van der Waals surface area contributed by atoms with Crippen molar-refractivity contribution >= 4 is 9.84 Å². The number of sulfone groups is 1. The Labute approximate surface area is 89.0 Å². The summed E-state index contributed by atoms with van der Waals surface area (Å²) in [6.45, 7) is 1.65. The fraction of sp³-hybridized carbons (Fsp3) is 0.455. The van der Waals surface area contributed by atoms with Gasteiger partial charge in [0.2, 0.25) is 0 Å². The Kier molecular flexibility index (Phi) is 2.54. The zero-order valence-corrected chi connectivity index (χ0v) is 9.30. The summed E-state index contributed by atoms with van der Waals surface area (Å²) >= 11 is 0. The molecule has 2 nitrogen and oxygen atoms in total. The molecule has 0 saturated heterocycles. The SMILES string of the molecule is CCS(=O)(=O)C1CC1c1cccc(F)c1. The van der Waals surface area contributed by atoms with E-state index in [1.807, 2.05) is 0 Å². The Morgan fingerprint density at radius 3 is 2.80 bits per heavy atom. The van der Waals surface area contributed by atoms with E-state index in [0.717, 1.165) is 5.56 Å². The number of hydrogen-bond donors (Lipinski definition) is 0. The lowest BCUT2D eigenvalue weighted by atomic mass is 10.1. The number of hydrogen-bond acceptors (Lipinski definition) is 2. The van der Waals surface area contributed by atoms with Gasteiger partial charge in [-0.15, -0.1) is 0 Å². The molecule has 0 heterocycles. The van der Waals surface area contributed by atoms with Crippen molar-refractivity contribution in [3.05, 3.63) is 35.6 Å². The molecule has 0 aliphatic heterocycles. The van der Waals surface area contributed by atoms with Crippen LogP contribution in [0.2, 0.25) is 0 Å². The third kappa shape index (κ3) is 2.04. The molecule has 0 radical (unpaired) electrons. The highest BCUT2D eigenvalue weighted by Crippen LogP contribution is 2.46. The maximum absolute atomic E-state index is 12.9. The molecule has 1 aliphatic carbocycles. The minimum Gasteiger partial charge on any atom is -0.229 e. The van der Waals surface area contributed by atoms with Gasteiger partial charge in [0, 0.05) is 11.7 Å². The highest BCUT2D eigenvalue weighted by Gasteiger charge is 2.46. The minimum atomic E-state index is -2.96. The normalized spacial score (nSPS) is 25.2. The monoisotopic (exact) mass is 228 g/mol. The molecule has 0 bridgehead atoms. The molecule has 1 saturated carbocycles. The van der Waals surface area contributed by atoms with Crippen molar-refractivity contribution in [3.63, 3.8) is 0 Å². The van der Waals surface area contributed by atoms with Crippen LogP contribution in [-0.4, -0.2) is 19.4 Å². The van der Waals surface area contributed by atoms with Crippen LogP contribution in [0.5, 0.6) is 0 Å². The number of halogens is 1. The van der Waals surface area contributed by atoms with Gasteiger partial charge in [0.25, 0.3) is 0 Å². The van der Waals surface area contributed by atoms with E-state index >= 15 is 0 Å². The molecule has 82 valence electrons. The fourth-order valence-electron chi connectivity index (χ4n) is 1.87. The molecule has 2 unspecified atom stereocenters. The van der Waals surface area contributed by atoms with E-state index in [-0.39, 0.29) is 22.7 Å². The van der Waals surface area contributed by atoms with Gasteiger partial charge in [-0.2, -0.15) is 0 Å². The van der Waals surface area contributed by atoms with E-state index in [1.165, 1.54) is 12.1 Å². The first kappa shape index (κ1) is 10.6. The Balaban J connectivity index is 2.18. The molecule has 0 N–H and O–H groups in total. The molecule has 2 atom stereocenters. The van der Waals surface area contributed by atoms with Crippen LogP contribution in [-0.2, 0) is 9.84 Å². The predicted molar refractivity (Wildman–Crippen MR) is 57.0 cm³/mol. The number of benzene rings is 1. The summed E-state index contributed by atoms with van der Waals surface area (Å²) in [5, 5.41) is -0.288. The standard InChI is InChI=1S/C11H13FO2S/c1-2-15(13,14)11-7-10(11)8-4-3-5-9(12)6-8/h3-6,10-11H,2,7H2,1H3. The lowest BCUT2D eigenvalue weighted by Crippen LogP contribution is -2.10. The Morgan fingerprint density at radius 2 is 2.20 bits per heavy atom. The van der Waals surface area contributed by atoms with Crippen molar-refractivity contribution in [2.45, 2.75) is 24.5 Å². The summed E-state index contributed by atoms with van der Waals surface area (Å²) in [5.41, 5.74) is 0.803. The van der Waals surface area contributed by atoms with Crippen LogP contribution in [0.25, 0.3) is 0 Å². The molecule has 0 aromatic heterocycles. The summed E-state index contributed by atoms with van der Waals surface area (Å²) in [5.74, 6) is -0.124. The maximum atomic E-state index is 12.9. The fourth-order valence-corrected chi connectivity index (χ4v) is 3.46. The van der Waals surface area contributed by atoms with E-state index < -0.39 is 9.84 Å². The van der Waals surface area contributed by atoms with Crippen LogP contribution in [0.4, 0.5) is 4.39 Å². The maximum Gasteiger partial charge on any atom is 0.153 e. The molecule has 1 aromatic rings. The second kappa shape index (κ2) is 3.59. The molecular weight excluding hydrogens is 215 g/mol. The molecule has 4 heteroatoms. The Bertz CT molecular complexity index is 467. The molecule has 2 rings (SSSR count). The van der Waals surface area contributed by atoms with Crippen LogP contribution in [0.3, 0.4) is 0 Å². The van der Waals surface area contributed by atoms with Crippen molar-refractivity contribution in [1.82, 2.24) is 0 Å². The summed E-state index contributed by atoms with van der Waals surface area (Å²) in [6, 6.07) is 6.21. The summed E-state index contributed by atoms with van der Waals surface area (Å²) in [6.07, 6.45) is 0.639. The van der Waals surface area contributed by atoms with Crippen LogP contribution in [0.15, 0.2) is 24.3 Å². The zero-order chi connectivity index (χ0) is 11.1. The van der Waals surface area contributed by atoms with Gasteiger partial charge in [0.15, 0.2) is 9.84 Å². The number of rotatable bonds is 3. The van der Waals surface area contributed by atoms with Crippen LogP contribution >= 0.6 is 0 Å². The van der Waals surface area contributed by atoms with E-state index in [0.29, 0.717) is 6.42 Å². The van der Waals surface area contributed by atoms with E-state index in [4.69, 9.17) is 0 Å². The predicted octanol–water partition coefficient (Wildman–Crippen LogP) is 2.12. The van der Waals surface area contributed by atoms with Crippen molar-refractivity contribution in [2.24, 2.45) is 0 Å². The van der Waals surface area contributed by atoms with Gasteiger partial charge in [0.05, 0.1) is 5.25 Å². The van der Waals surface area contributed by atoms with Gasteiger partial charge in [-0.05, 0) is 24.1 Å². The molecule has 1 aliphatic rings. The van der Waals surface area contributed by atoms with Gasteiger partial charge in [0.1, 0.15) is 5.82 Å². The van der Waals surface area contributed by atoms with Crippen LogP contribution < -0.4 is 0 Å². The highest BCUT2D eigenvalue weighted by atomic mass is 32.2. The topological polar surface area (TPSA) is 34.1 Å². The summed E-state index contributed by atoms with van der Waals surface area (Å²) in [4.78, 5) is 0. The lowest BCUT2D eigenvalue weighted by Gasteiger charge is -2.01. The average Bonchev–Trinajstić information content (AvgIpc) is 2.98. The molecule has 1 fully saturated rings. The Hall–Kier alpha value is -0.900. The average molecular weight is 228 g/mol. The van der Waals surface area contributed by atoms with Gasteiger partial charge in [-0.1, -0.05) is 19.1 Å². The van der Waals surface area contributed by atoms with Crippen molar-refractivity contribution < 1.29 is 12.8 Å². The third-order valence-electron chi connectivity index (χ3n) is 2.87. The molecule has 0 amide bonds. The first-order valence-electron chi connectivity index (χ1n) is 5.01. The molecule has 1 aromatic carbocycles. The zero-order valence-electron chi connectivity index (χ0n) is 8.48. The molecule has 0 spiro atoms. The van der Waals surface area contributed by atoms with Gasteiger partial charge >= 0.3 is 0 Å². The first-order chi connectivity index (χ1) is 7.04. The minimum absolute atomic E-state index is 0.00523. The second-order valence-corrected chi connectivity index (χ2v) is 6.40. The summed E-state index contributed by atoms with van der Waals surface area (Å²) in [7, 11) is -2.96. The van der Waals surface area contributed by atoms with Crippen LogP contribution in [0, 0.1) is 5.82 Å². The second-order valence-electron chi connectivity index (χ2n) is 3.89. The van der Waals surface area contributed by atoms with E-state index in [2.05, 4.69) is 0 Å². The lowest BCUT2D eigenvalue weighted by molar-refractivity contribution is 0.595. The van der Waals surface area contributed by atoms with E-state index in [9.17, 15) is 12.8 Å². The molecular formula is C11H13FO2S. The molecule has 15 heavy (non-hydrogen) atoms. The van der Waals surface area contributed by atoms with Gasteiger partial charge in [-0.3, -0.25) is 0 Å². The van der Waals surface area contributed by atoms with Gasteiger partial charge in [-0.25, -0.2) is 12.8 Å². The van der Waals surface area contributed by atoms with Crippen molar-refractivity contribution in [2.75, 3.05) is 5.75 Å². The van der Waals surface area contributed by atoms with E-state index in [1.54, 1.807) is 19.1 Å². The van der Waals surface area contributed by atoms with Crippen LogP contribution in [0.1, 0.15) is 24.8 Å². The van der Waals surface area contributed by atoms with Gasteiger partial charge < -0.3 is 0 Å². The first-order valence-corrected chi connectivity index (χ1v) is 6.73. The third-order valence-corrected chi connectivity index (χ3v) is 5.12. The summed E-state index contributed by atoms with van der Waals surface area (Å²) < 4.78 is 36.0. The largest absolute Gasteiger partial charge is 0.229 e. The Morgan fingerprint density at radius 1 is 1.47 bits per heavy atom. The quantitative estimate of drug-likeness (QED) is 0.794.